The van der Waals surface area contributed by atoms with Gasteiger partial charge in [-0.2, -0.15) is 20.2 Å². The van der Waals surface area contributed by atoms with Gasteiger partial charge >= 0.3 is 0 Å². The van der Waals surface area contributed by atoms with Crippen LogP contribution in [0.5, 0.6) is 0 Å². The highest BCUT2D eigenvalue weighted by molar-refractivity contribution is 9.10. The number of rotatable bonds is 2. The number of nitrogens with zero attached hydrogens (tertiary/aromatic N) is 6. The van der Waals surface area contributed by atoms with Gasteiger partial charge in [0.2, 0.25) is 0 Å². The molecule has 4 N–H and O–H groups in total. The molecule has 0 aliphatic carbocycles. The molecule has 0 saturated carbocycles. The smallest absolute Gasteiger partial charge is 0.254 e. The molecule has 0 aromatic carbocycles. The van der Waals surface area contributed by atoms with E-state index < -0.39 is 0 Å². The fourth-order valence-corrected chi connectivity index (χ4v) is 1.83. The summed E-state index contributed by atoms with van der Waals surface area (Å²) < 4.78 is 3.74. The first-order chi connectivity index (χ1) is 8.75. The number of anilines is 1. The van der Waals surface area contributed by atoms with Gasteiger partial charge in [-0.3, -0.25) is 0 Å². The Kier molecular flexibility index (Phi) is 7.30. The molecule has 8 nitrogen and oxygen atoms in total. The lowest BCUT2D eigenvalue weighted by molar-refractivity contribution is 0.773. The Morgan fingerprint density at radius 3 is 2.05 bits per heavy atom. The van der Waals surface area contributed by atoms with Crippen molar-refractivity contribution in [3.8, 4) is 11.8 Å². The van der Waals surface area contributed by atoms with Gasteiger partial charge in [-0.25, -0.2) is 9.36 Å². The molecule has 21 heavy (non-hydrogen) atoms. The minimum absolute atomic E-state index is 0. The third kappa shape index (κ3) is 3.70. The van der Waals surface area contributed by atoms with Crippen molar-refractivity contribution in [3.05, 3.63) is 41.4 Å². The van der Waals surface area contributed by atoms with Gasteiger partial charge in [0.1, 0.15) is 10.3 Å². The van der Waals surface area contributed by atoms with Crippen LogP contribution >= 0.6 is 40.7 Å². The van der Waals surface area contributed by atoms with Crippen molar-refractivity contribution in [2.75, 3.05) is 5.73 Å². The van der Waals surface area contributed by atoms with Crippen LogP contribution in [0.1, 0.15) is 0 Å². The Morgan fingerprint density at radius 2 is 1.52 bits per heavy atom. The van der Waals surface area contributed by atoms with Crippen LogP contribution in [0, 0.1) is 0 Å². The van der Waals surface area contributed by atoms with Crippen LogP contribution in [-0.4, -0.2) is 35.0 Å². The van der Waals surface area contributed by atoms with E-state index in [1.54, 1.807) is 41.6 Å². The molecule has 0 saturated heterocycles. The van der Waals surface area contributed by atoms with Crippen LogP contribution in [0.2, 0.25) is 0 Å². The molecule has 11 heteroatoms. The highest BCUT2D eigenvalue weighted by Crippen LogP contribution is 2.24. The summed E-state index contributed by atoms with van der Waals surface area (Å²) in [6, 6.07) is 3.59. The highest BCUT2D eigenvalue weighted by Gasteiger charge is 2.13. The first-order valence-corrected chi connectivity index (χ1v) is 5.88. The second-order valence-electron chi connectivity index (χ2n) is 3.45. The zero-order valence-corrected chi connectivity index (χ0v) is 13.6. The van der Waals surface area contributed by atoms with Crippen LogP contribution in [-0.2, 0) is 0 Å². The van der Waals surface area contributed by atoms with Crippen LogP contribution < -0.4 is 5.73 Å². The SMILES string of the molecule is Cl.Cl.Nc1nc(-n2cccn2)nc(-n2cccn2)c1Br.O. The lowest BCUT2D eigenvalue weighted by Crippen LogP contribution is -2.10. The molecule has 0 spiro atoms. The molecule has 3 aromatic heterocycles. The fourth-order valence-electron chi connectivity index (χ4n) is 1.48. The lowest BCUT2D eigenvalue weighted by atomic mass is 10.5. The van der Waals surface area contributed by atoms with E-state index >= 15 is 0 Å². The Bertz CT molecular complexity index is 675. The number of nitrogen functional groups attached to an aromatic ring is 1. The van der Waals surface area contributed by atoms with E-state index in [2.05, 4.69) is 36.1 Å². The lowest BCUT2D eigenvalue weighted by Gasteiger charge is -2.08. The Hall–Kier alpha value is -1.68. The van der Waals surface area contributed by atoms with Gasteiger partial charge in [-0.05, 0) is 28.1 Å². The summed E-state index contributed by atoms with van der Waals surface area (Å²) in [5.74, 6) is 1.30. The zero-order valence-electron chi connectivity index (χ0n) is 10.4. The summed E-state index contributed by atoms with van der Waals surface area (Å²) in [5.41, 5.74) is 5.85. The average Bonchev–Trinajstić information content (AvgIpc) is 3.03. The molecule has 0 bridgehead atoms. The van der Waals surface area contributed by atoms with Gasteiger partial charge in [0, 0.05) is 24.8 Å². The predicted molar refractivity (Wildman–Crippen MR) is 86.5 cm³/mol. The summed E-state index contributed by atoms with van der Waals surface area (Å²) in [5, 5.41) is 8.19. The van der Waals surface area contributed by atoms with Crippen LogP contribution in [0.4, 0.5) is 5.82 Å². The van der Waals surface area contributed by atoms with Crippen molar-refractivity contribution < 1.29 is 5.48 Å². The topological polar surface area (TPSA) is 119 Å². The van der Waals surface area contributed by atoms with Crippen molar-refractivity contribution in [1.82, 2.24) is 29.5 Å². The molecule has 0 fully saturated rings. The van der Waals surface area contributed by atoms with E-state index in [-0.39, 0.29) is 30.3 Å². The van der Waals surface area contributed by atoms with Crippen molar-refractivity contribution in [1.29, 1.82) is 0 Å². The van der Waals surface area contributed by atoms with Gasteiger partial charge in [0.05, 0.1) is 0 Å². The third-order valence-electron chi connectivity index (χ3n) is 2.28. The fraction of sp³-hybridized carbons (Fsp3) is 0. The molecular weight excluding hydrogens is 385 g/mol. The van der Waals surface area contributed by atoms with E-state index in [1.165, 1.54) is 4.68 Å². The van der Waals surface area contributed by atoms with Crippen molar-refractivity contribution >= 4 is 46.6 Å². The standard InChI is InChI=1S/C10H8BrN7.2ClH.H2O/c11-7-8(12)15-10(18-6-2-4-14-18)16-9(7)17-5-1-3-13-17;;;/h1-6H,(H2,12,15,16);2*1H;1H2. The van der Waals surface area contributed by atoms with Gasteiger partial charge in [-0.15, -0.1) is 24.8 Å². The molecule has 3 rings (SSSR count). The molecule has 3 aromatic rings. The minimum Gasteiger partial charge on any atom is -0.412 e. The van der Waals surface area contributed by atoms with E-state index in [4.69, 9.17) is 5.73 Å². The maximum Gasteiger partial charge on any atom is 0.254 e. The Morgan fingerprint density at radius 1 is 0.952 bits per heavy atom. The number of hydrogen-bond donors (Lipinski definition) is 1. The summed E-state index contributed by atoms with van der Waals surface area (Å²) >= 11 is 3.36. The first kappa shape index (κ1) is 19.3. The predicted octanol–water partition coefficient (Wildman–Crippen LogP) is 1.21. The van der Waals surface area contributed by atoms with Crippen LogP contribution in [0.3, 0.4) is 0 Å². The zero-order chi connectivity index (χ0) is 12.5. The number of hydrogen-bond acceptors (Lipinski definition) is 5. The molecule has 0 aliphatic rings. The van der Waals surface area contributed by atoms with E-state index in [1.807, 2.05) is 0 Å². The van der Waals surface area contributed by atoms with Gasteiger partial charge in [0.25, 0.3) is 5.95 Å². The third-order valence-corrected chi connectivity index (χ3v) is 3.04. The van der Waals surface area contributed by atoms with E-state index in [0.717, 1.165) is 0 Å². The van der Waals surface area contributed by atoms with Gasteiger partial charge in [-0.1, -0.05) is 0 Å². The van der Waals surface area contributed by atoms with E-state index in [9.17, 15) is 0 Å². The first-order valence-electron chi connectivity index (χ1n) is 5.09. The number of aromatic nitrogens is 6. The Balaban J connectivity index is 0.00000133. The molecule has 3 heterocycles. The summed E-state index contributed by atoms with van der Waals surface area (Å²) in [7, 11) is 0. The molecule has 0 atom stereocenters. The quantitative estimate of drug-likeness (QED) is 0.698. The van der Waals surface area contributed by atoms with Gasteiger partial charge in [0.15, 0.2) is 5.82 Å². The normalized spacial score (nSPS) is 9.19. The molecular formula is C10H12BrCl2N7O. The number of nitrogens with two attached hydrogens (primary N) is 1. The molecule has 0 radical (unpaired) electrons. The molecule has 114 valence electrons. The maximum absolute atomic E-state index is 5.85. The Labute approximate surface area is 140 Å². The molecule has 0 unspecified atom stereocenters. The molecule has 0 amide bonds. The summed E-state index contributed by atoms with van der Waals surface area (Å²) in [6.07, 6.45) is 6.84. The van der Waals surface area contributed by atoms with Crippen LogP contribution in [0.25, 0.3) is 11.8 Å². The highest BCUT2D eigenvalue weighted by atomic mass is 79.9. The maximum atomic E-state index is 5.85. The second kappa shape index (κ2) is 7.93. The van der Waals surface area contributed by atoms with E-state index in [0.29, 0.717) is 22.1 Å². The number of halogens is 3. The minimum atomic E-state index is 0. The largest absolute Gasteiger partial charge is 0.412 e. The van der Waals surface area contributed by atoms with Crippen molar-refractivity contribution in [3.63, 3.8) is 0 Å². The summed E-state index contributed by atoms with van der Waals surface area (Å²) in [6.45, 7) is 0. The average molecular weight is 397 g/mol. The summed E-state index contributed by atoms with van der Waals surface area (Å²) in [4.78, 5) is 8.55. The van der Waals surface area contributed by atoms with Crippen molar-refractivity contribution in [2.24, 2.45) is 0 Å². The molecule has 0 aliphatic heterocycles. The second-order valence-corrected chi connectivity index (χ2v) is 4.24. The van der Waals surface area contributed by atoms with Gasteiger partial charge < -0.3 is 11.2 Å². The van der Waals surface area contributed by atoms with Crippen molar-refractivity contribution in [2.45, 2.75) is 0 Å². The monoisotopic (exact) mass is 395 g/mol. The van der Waals surface area contributed by atoms with Crippen LogP contribution in [0.15, 0.2) is 41.4 Å².